The van der Waals surface area contributed by atoms with Crippen molar-refractivity contribution in [2.45, 2.75) is 0 Å². The van der Waals surface area contributed by atoms with Gasteiger partial charge in [0.1, 0.15) is 0 Å². The molecule has 1 aliphatic rings. The summed E-state index contributed by atoms with van der Waals surface area (Å²) in [6, 6.07) is 17.4. The van der Waals surface area contributed by atoms with E-state index >= 15 is 0 Å². The molecular formula is C17H18ClN3O. The number of urea groups is 1. The Balaban J connectivity index is 1.57. The van der Waals surface area contributed by atoms with Gasteiger partial charge >= 0.3 is 6.03 Å². The third-order valence-corrected chi connectivity index (χ3v) is 4.13. The molecule has 4 nitrogen and oxygen atoms in total. The van der Waals surface area contributed by atoms with Crippen molar-refractivity contribution in [3.8, 4) is 0 Å². The maximum Gasteiger partial charge on any atom is 0.322 e. The Morgan fingerprint density at radius 3 is 2.23 bits per heavy atom. The van der Waals surface area contributed by atoms with E-state index in [4.69, 9.17) is 11.6 Å². The minimum atomic E-state index is -0.0965. The molecule has 0 aliphatic carbocycles. The topological polar surface area (TPSA) is 35.6 Å². The number of para-hydroxylation sites is 2. The molecule has 0 radical (unpaired) electrons. The van der Waals surface area contributed by atoms with Crippen LogP contribution in [0.25, 0.3) is 0 Å². The number of hydrogen-bond acceptors (Lipinski definition) is 2. The molecule has 22 heavy (non-hydrogen) atoms. The second kappa shape index (κ2) is 6.71. The zero-order valence-electron chi connectivity index (χ0n) is 12.2. The van der Waals surface area contributed by atoms with Crippen LogP contribution < -0.4 is 10.2 Å². The van der Waals surface area contributed by atoms with Crippen LogP contribution >= 0.6 is 11.6 Å². The number of amides is 2. The van der Waals surface area contributed by atoms with Crippen LogP contribution in [-0.4, -0.2) is 37.1 Å². The summed E-state index contributed by atoms with van der Waals surface area (Å²) in [6.45, 7) is 3.07. The number of nitrogens with zero attached hydrogens (tertiary/aromatic N) is 2. The van der Waals surface area contributed by atoms with E-state index in [0.29, 0.717) is 23.8 Å². The second-order valence-corrected chi connectivity index (χ2v) is 5.63. The van der Waals surface area contributed by atoms with Crippen molar-refractivity contribution in [2.75, 3.05) is 36.4 Å². The van der Waals surface area contributed by atoms with Crippen LogP contribution in [0.3, 0.4) is 0 Å². The second-order valence-electron chi connectivity index (χ2n) is 5.22. The smallest absolute Gasteiger partial charge is 0.322 e. The van der Waals surface area contributed by atoms with Crippen LogP contribution in [0.5, 0.6) is 0 Å². The predicted octanol–water partition coefficient (Wildman–Crippen LogP) is 3.69. The highest BCUT2D eigenvalue weighted by Crippen LogP contribution is 2.21. The molecule has 1 aliphatic heterocycles. The van der Waals surface area contributed by atoms with E-state index in [1.165, 1.54) is 5.69 Å². The average molecular weight is 316 g/mol. The number of anilines is 2. The summed E-state index contributed by atoms with van der Waals surface area (Å²) in [7, 11) is 0. The minimum Gasteiger partial charge on any atom is -0.368 e. The fourth-order valence-corrected chi connectivity index (χ4v) is 2.75. The Morgan fingerprint density at radius 2 is 1.55 bits per heavy atom. The molecule has 0 saturated carbocycles. The Morgan fingerprint density at radius 1 is 0.909 bits per heavy atom. The van der Waals surface area contributed by atoms with E-state index in [0.717, 1.165) is 13.1 Å². The van der Waals surface area contributed by atoms with Gasteiger partial charge in [-0.25, -0.2) is 4.79 Å². The Kier molecular flexibility index (Phi) is 4.49. The lowest BCUT2D eigenvalue weighted by Crippen LogP contribution is -2.50. The molecule has 2 aromatic rings. The first-order valence-electron chi connectivity index (χ1n) is 7.34. The monoisotopic (exact) mass is 315 g/mol. The third-order valence-electron chi connectivity index (χ3n) is 3.80. The first kappa shape index (κ1) is 14.7. The Bertz CT molecular complexity index is 639. The molecular weight excluding hydrogens is 298 g/mol. The Labute approximate surface area is 135 Å². The Hall–Kier alpha value is -2.20. The van der Waals surface area contributed by atoms with Gasteiger partial charge in [-0.3, -0.25) is 0 Å². The van der Waals surface area contributed by atoms with Crippen LogP contribution in [-0.2, 0) is 0 Å². The lowest BCUT2D eigenvalue weighted by atomic mass is 10.2. The fourth-order valence-electron chi connectivity index (χ4n) is 2.56. The molecule has 3 rings (SSSR count). The number of nitrogens with one attached hydrogen (secondary N) is 1. The number of rotatable bonds is 2. The molecule has 1 fully saturated rings. The summed E-state index contributed by atoms with van der Waals surface area (Å²) in [6.07, 6.45) is 0. The van der Waals surface area contributed by atoms with E-state index in [1.54, 1.807) is 12.1 Å². The van der Waals surface area contributed by atoms with E-state index in [1.807, 2.05) is 35.2 Å². The van der Waals surface area contributed by atoms with E-state index < -0.39 is 0 Å². The van der Waals surface area contributed by atoms with E-state index in [2.05, 4.69) is 22.3 Å². The quantitative estimate of drug-likeness (QED) is 0.917. The summed E-state index contributed by atoms with van der Waals surface area (Å²) in [5.41, 5.74) is 1.85. The molecule has 0 aromatic heterocycles. The van der Waals surface area contributed by atoms with Crippen molar-refractivity contribution >= 4 is 29.0 Å². The standard InChI is InChI=1S/C17H18ClN3O/c18-15-8-4-5-9-16(15)19-17(22)21-12-10-20(11-13-21)14-6-2-1-3-7-14/h1-9H,10-13H2,(H,19,22). The molecule has 0 atom stereocenters. The maximum absolute atomic E-state index is 12.3. The van der Waals surface area contributed by atoms with Crippen LogP contribution in [0.4, 0.5) is 16.2 Å². The number of carbonyl (C=O) groups excluding carboxylic acids is 1. The van der Waals surface area contributed by atoms with Crippen molar-refractivity contribution in [3.63, 3.8) is 0 Å². The molecule has 1 heterocycles. The summed E-state index contributed by atoms with van der Waals surface area (Å²) in [5.74, 6) is 0. The van der Waals surface area contributed by atoms with Gasteiger partial charge in [0.25, 0.3) is 0 Å². The lowest BCUT2D eigenvalue weighted by molar-refractivity contribution is 0.208. The summed E-state index contributed by atoms with van der Waals surface area (Å²) < 4.78 is 0. The van der Waals surface area contributed by atoms with Crippen LogP contribution in [0, 0.1) is 0 Å². The normalized spacial score (nSPS) is 14.8. The van der Waals surface area contributed by atoms with E-state index in [-0.39, 0.29) is 6.03 Å². The number of hydrogen-bond donors (Lipinski definition) is 1. The zero-order chi connectivity index (χ0) is 15.4. The van der Waals surface area contributed by atoms with Gasteiger partial charge in [0, 0.05) is 31.9 Å². The van der Waals surface area contributed by atoms with Gasteiger partial charge in [-0.15, -0.1) is 0 Å². The summed E-state index contributed by atoms with van der Waals surface area (Å²) in [4.78, 5) is 16.4. The maximum atomic E-state index is 12.3. The summed E-state index contributed by atoms with van der Waals surface area (Å²) in [5, 5.41) is 3.43. The molecule has 0 unspecified atom stereocenters. The van der Waals surface area contributed by atoms with Crippen molar-refractivity contribution in [3.05, 3.63) is 59.6 Å². The predicted molar refractivity (Wildman–Crippen MR) is 90.7 cm³/mol. The molecule has 1 N–H and O–H groups in total. The molecule has 114 valence electrons. The van der Waals surface area contributed by atoms with Gasteiger partial charge in [-0.1, -0.05) is 41.9 Å². The minimum absolute atomic E-state index is 0.0965. The molecule has 1 saturated heterocycles. The van der Waals surface area contributed by atoms with Crippen LogP contribution in [0.15, 0.2) is 54.6 Å². The van der Waals surface area contributed by atoms with Crippen LogP contribution in [0.2, 0.25) is 5.02 Å². The van der Waals surface area contributed by atoms with Gasteiger partial charge in [-0.2, -0.15) is 0 Å². The van der Waals surface area contributed by atoms with Crippen molar-refractivity contribution < 1.29 is 4.79 Å². The molecule has 0 spiro atoms. The van der Waals surface area contributed by atoms with Gasteiger partial charge in [-0.05, 0) is 24.3 Å². The van der Waals surface area contributed by atoms with Gasteiger partial charge in [0.2, 0.25) is 0 Å². The first-order valence-corrected chi connectivity index (χ1v) is 7.72. The van der Waals surface area contributed by atoms with Crippen molar-refractivity contribution in [1.29, 1.82) is 0 Å². The average Bonchev–Trinajstić information content (AvgIpc) is 2.58. The zero-order valence-corrected chi connectivity index (χ0v) is 13.0. The number of piperazine rings is 1. The number of benzene rings is 2. The summed E-state index contributed by atoms with van der Waals surface area (Å²) >= 11 is 6.07. The largest absolute Gasteiger partial charge is 0.368 e. The highest BCUT2D eigenvalue weighted by molar-refractivity contribution is 6.33. The fraction of sp³-hybridized carbons (Fsp3) is 0.235. The SMILES string of the molecule is O=C(Nc1ccccc1Cl)N1CCN(c2ccccc2)CC1. The highest BCUT2D eigenvalue weighted by atomic mass is 35.5. The molecule has 2 amide bonds. The van der Waals surface area contributed by atoms with Crippen LogP contribution in [0.1, 0.15) is 0 Å². The van der Waals surface area contributed by atoms with E-state index in [9.17, 15) is 4.79 Å². The molecule has 0 bridgehead atoms. The lowest BCUT2D eigenvalue weighted by Gasteiger charge is -2.36. The third kappa shape index (κ3) is 3.34. The van der Waals surface area contributed by atoms with Gasteiger partial charge < -0.3 is 15.1 Å². The van der Waals surface area contributed by atoms with Gasteiger partial charge in [0.15, 0.2) is 0 Å². The number of carbonyl (C=O) groups is 1. The van der Waals surface area contributed by atoms with Crippen molar-refractivity contribution in [2.24, 2.45) is 0 Å². The van der Waals surface area contributed by atoms with Gasteiger partial charge in [0.05, 0.1) is 10.7 Å². The highest BCUT2D eigenvalue weighted by Gasteiger charge is 2.21. The molecule has 5 heteroatoms. The van der Waals surface area contributed by atoms with Crippen molar-refractivity contribution in [1.82, 2.24) is 4.90 Å². The number of halogens is 1. The molecule has 2 aromatic carbocycles. The first-order chi connectivity index (χ1) is 10.7.